The van der Waals surface area contributed by atoms with Crippen LogP contribution in [-0.2, 0) is 9.63 Å². The summed E-state index contributed by atoms with van der Waals surface area (Å²) in [6.07, 6.45) is 0.983. The topological polar surface area (TPSA) is 26.3 Å². The van der Waals surface area contributed by atoms with Crippen LogP contribution in [0.5, 0.6) is 0 Å². The van der Waals surface area contributed by atoms with Gasteiger partial charge in [0.25, 0.3) is 0 Å². The smallest absolute Gasteiger partial charge is 0.392 e. The molecule has 0 bridgehead atoms. The molecule has 0 aromatic carbocycles. The number of quaternary nitrogens is 1. The Bertz CT molecular complexity index is 190. The van der Waals surface area contributed by atoms with Gasteiger partial charge in [0.2, 0.25) is 0 Å². The number of hydrogen-bond acceptors (Lipinski definition) is 2. The molecule has 0 saturated carbocycles. The standard InChI is InChI=1S/C9H18NO2.HI/c1-6-7-10(4,5)12-9(11)8(2)3;/h2,6-7H2,1,3-5H3;1H/q+1;/p-1. The van der Waals surface area contributed by atoms with Crippen molar-refractivity contribution in [3.8, 4) is 0 Å². The van der Waals surface area contributed by atoms with Gasteiger partial charge < -0.3 is 24.0 Å². The first kappa shape index (κ1) is 15.4. The Kier molecular flexibility index (Phi) is 7.53. The Morgan fingerprint density at radius 1 is 1.46 bits per heavy atom. The van der Waals surface area contributed by atoms with E-state index in [0.717, 1.165) is 13.0 Å². The van der Waals surface area contributed by atoms with Crippen molar-refractivity contribution < 1.29 is 38.3 Å². The van der Waals surface area contributed by atoms with E-state index in [-0.39, 0.29) is 34.6 Å². The van der Waals surface area contributed by atoms with Crippen LogP contribution >= 0.6 is 0 Å². The Labute approximate surface area is 97.3 Å². The number of hydrogen-bond donors (Lipinski definition) is 0. The van der Waals surface area contributed by atoms with Crippen LogP contribution in [0.3, 0.4) is 0 Å². The Morgan fingerprint density at radius 3 is 2.23 bits per heavy atom. The van der Waals surface area contributed by atoms with Crippen molar-refractivity contribution in [2.24, 2.45) is 0 Å². The van der Waals surface area contributed by atoms with Crippen molar-refractivity contribution in [2.45, 2.75) is 20.3 Å². The average molecular weight is 299 g/mol. The number of carbonyl (C=O) groups excluding carboxylic acids is 1. The van der Waals surface area contributed by atoms with Crippen molar-refractivity contribution in [3.63, 3.8) is 0 Å². The highest BCUT2D eigenvalue weighted by Crippen LogP contribution is 2.04. The first-order chi connectivity index (χ1) is 5.39. The van der Waals surface area contributed by atoms with E-state index in [4.69, 9.17) is 4.84 Å². The van der Waals surface area contributed by atoms with Gasteiger partial charge in [-0.3, -0.25) is 4.84 Å². The van der Waals surface area contributed by atoms with Gasteiger partial charge >= 0.3 is 5.97 Å². The zero-order chi connectivity index (χ0) is 9.78. The van der Waals surface area contributed by atoms with Gasteiger partial charge in [-0.2, -0.15) is 0 Å². The van der Waals surface area contributed by atoms with Gasteiger partial charge in [0.05, 0.1) is 0 Å². The molecule has 78 valence electrons. The molecule has 0 atom stereocenters. The molecule has 0 spiro atoms. The van der Waals surface area contributed by atoms with Crippen LogP contribution < -0.4 is 24.0 Å². The lowest BCUT2D eigenvalue weighted by Crippen LogP contribution is -3.00. The molecule has 0 N–H and O–H groups in total. The maximum absolute atomic E-state index is 11.1. The van der Waals surface area contributed by atoms with E-state index in [0.29, 0.717) is 5.57 Å². The summed E-state index contributed by atoms with van der Waals surface area (Å²) in [7, 11) is 3.70. The lowest BCUT2D eigenvalue weighted by molar-refractivity contribution is -1.06. The Hall–Kier alpha value is -0.100. The molecule has 3 nitrogen and oxygen atoms in total. The fourth-order valence-electron chi connectivity index (χ4n) is 0.887. The first-order valence-corrected chi connectivity index (χ1v) is 4.11. The van der Waals surface area contributed by atoms with Crippen LogP contribution in [0, 0.1) is 0 Å². The minimum absolute atomic E-state index is 0. The molecular weight excluding hydrogens is 281 g/mol. The molecule has 0 aliphatic rings. The number of carbonyl (C=O) groups is 1. The third kappa shape index (κ3) is 7.01. The summed E-state index contributed by atoms with van der Waals surface area (Å²) in [4.78, 5) is 16.2. The van der Waals surface area contributed by atoms with E-state index >= 15 is 0 Å². The molecule has 13 heavy (non-hydrogen) atoms. The van der Waals surface area contributed by atoms with Crippen LogP contribution in [0.2, 0.25) is 0 Å². The van der Waals surface area contributed by atoms with Gasteiger partial charge in [0.15, 0.2) is 0 Å². The van der Waals surface area contributed by atoms with Crippen LogP contribution in [0.4, 0.5) is 0 Å². The predicted octanol–water partition coefficient (Wildman–Crippen LogP) is -1.49. The highest BCUT2D eigenvalue weighted by Gasteiger charge is 2.20. The summed E-state index contributed by atoms with van der Waals surface area (Å²) in [5.74, 6) is -0.326. The number of halogens is 1. The van der Waals surface area contributed by atoms with Gasteiger partial charge in [-0.05, 0) is 13.3 Å². The van der Waals surface area contributed by atoms with Gasteiger partial charge in [-0.1, -0.05) is 13.5 Å². The van der Waals surface area contributed by atoms with Crippen molar-refractivity contribution in [1.82, 2.24) is 0 Å². The summed E-state index contributed by atoms with van der Waals surface area (Å²) in [5, 5.41) is 0. The summed E-state index contributed by atoms with van der Waals surface area (Å²) < 4.78 is 0.266. The van der Waals surface area contributed by atoms with E-state index in [9.17, 15) is 4.79 Å². The minimum Gasteiger partial charge on any atom is -1.00 e. The molecule has 0 aliphatic carbocycles. The second kappa shape index (κ2) is 6.37. The van der Waals surface area contributed by atoms with Gasteiger partial charge in [0.1, 0.15) is 20.6 Å². The average Bonchev–Trinajstić information content (AvgIpc) is 1.85. The molecule has 0 fully saturated rings. The van der Waals surface area contributed by atoms with Crippen LogP contribution in [0.1, 0.15) is 20.3 Å². The molecule has 0 rings (SSSR count). The predicted molar refractivity (Wildman–Crippen MR) is 48.2 cm³/mol. The second-order valence-electron chi connectivity index (χ2n) is 3.46. The molecule has 0 heterocycles. The molecule has 0 amide bonds. The molecular formula is C9H18INO2. The Balaban J connectivity index is 0. The Morgan fingerprint density at radius 2 is 1.92 bits per heavy atom. The van der Waals surface area contributed by atoms with Crippen molar-refractivity contribution in [3.05, 3.63) is 12.2 Å². The van der Waals surface area contributed by atoms with E-state index in [1.165, 1.54) is 0 Å². The first-order valence-electron chi connectivity index (χ1n) is 4.11. The highest BCUT2D eigenvalue weighted by molar-refractivity contribution is 5.86. The maximum Gasteiger partial charge on any atom is 0.392 e. The fourth-order valence-corrected chi connectivity index (χ4v) is 0.887. The third-order valence-electron chi connectivity index (χ3n) is 1.44. The van der Waals surface area contributed by atoms with E-state index in [1.807, 2.05) is 14.1 Å². The number of hydroxylamine groups is 3. The van der Waals surface area contributed by atoms with Crippen LogP contribution in [0.25, 0.3) is 0 Å². The van der Waals surface area contributed by atoms with Crippen molar-refractivity contribution in [2.75, 3.05) is 20.6 Å². The van der Waals surface area contributed by atoms with Crippen LogP contribution in [0.15, 0.2) is 12.2 Å². The van der Waals surface area contributed by atoms with Gasteiger partial charge in [-0.15, -0.1) is 4.65 Å². The monoisotopic (exact) mass is 299 g/mol. The molecule has 0 aromatic heterocycles. The summed E-state index contributed by atoms with van der Waals surface area (Å²) in [6.45, 7) is 8.03. The summed E-state index contributed by atoms with van der Waals surface area (Å²) >= 11 is 0. The van der Waals surface area contributed by atoms with E-state index in [2.05, 4.69) is 13.5 Å². The SMILES string of the molecule is C=C(C)C(=O)O[N+](C)(C)CCC.[I-]. The van der Waals surface area contributed by atoms with Gasteiger partial charge in [0, 0.05) is 5.57 Å². The fraction of sp³-hybridized carbons (Fsp3) is 0.667. The highest BCUT2D eigenvalue weighted by atomic mass is 127. The zero-order valence-corrected chi connectivity index (χ0v) is 10.9. The van der Waals surface area contributed by atoms with Crippen molar-refractivity contribution in [1.29, 1.82) is 0 Å². The quantitative estimate of drug-likeness (QED) is 0.274. The summed E-state index contributed by atoms with van der Waals surface area (Å²) in [6, 6.07) is 0. The lowest BCUT2D eigenvalue weighted by Gasteiger charge is -2.25. The van der Waals surface area contributed by atoms with Crippen molar-refractivity contribution >= 4 is 5.97 Å². The largest absolute Gasteiger partial charge is 1.00 e. The maximum atomic E-state index is 11.1. The van der Waals surface area contributed by atoms with Crippen LogP contribution in [-0.4, -0.2) is 31.3 Å². The van der Waals surface area contributed by atoms with E-state index in [1.54, 1.807) is 6.92 Å². The van der Waals surface area contributed by atoms with Gasteiger partial charge in [-0.25, -0.2) is 4.79 Å². The molecule has 4 heteroatoms. The zero-order valence-electron chi connectivity index (χ0n) is 8.76. The molecule has 0 aliphatic heterocycles. The molecule has 0 aromatic rings. The van der Waals surface area contributed by atoms with E-state index < -0.39 is 0 Å². The minimum atomic E-state index is -0.326. The molecule has 0 unspecified atom stereocenters. The molecule has 0 radical (unpaired) electrons. The third-order valence-corrected chi connectivity index (χ3v) is 1.44. The number of nitrogens with zero attached hydrogens (tertiary/aromatic N) is 1. The summed E-state index contributed by atoms with van der Waals surface area (Å²) in [5.41, 5.74) is 0.442. The number of rotatable bonds is 4. The lowest BCUT2D eigenvalue weighted by atomic mass is 10.4. The normalized spacial score (nSPS) is 10.2. The molecule has 0 saturated heterocycles. The second-order valence-corrected chi connectivity index (χ2v) is 3.46.